The van der Waals surface area contributed by atoms with Crippen LogP contribution in [0.25, 0.3) is 5.57 Å². The Hall–Kier alpha value is -2.49. The maximum absolute atomic E-state index is 13.1. The monoisotopic (exact) mass is 465 g/mol. The zero-order valence-electron chi connectivity index (χ0n) is 17.0. The number of anilines is 1. The third-order valence-electron chi connectivity index (χ3n) is 4.90. The van der Waals surface area contributed by atoms with E-state index < -0.39 is 15.7 Å². The van der Waals surface area contributed by atoms with Gasteiger partial charge in [-0.15, -0.1) is 0 Å². The van der Waals surface area contributed by atoms with Crippen molar-refractivity contribution in [3.05, 3.63) is 47.3 Å². The molecular formula is C21H24ClN3O5S. The number of hydrogen-bond donors (Lipinski definition) is 2. The van der Waals surface area contributed by atoms with Crippen molar-refractivity contribution in [3.8, 4) is 5.88 Å². The number of amides is 1. The van der Waals surface area contributed by atoms with E-state index in [9.17, 15) is 13.2 Å². The minimum atomic E-state index is -3.48. The normalized spacial score (nSPS) is 15.1. The molecule has 0 saturated heterocycles. The lowest BCUT2D eigenvalue weighted by molar-refractivity contribution is -0.111. The van der Waals surface area contributed by atoms with Gasteiger partial charge in [-0.3, -0.25) is 4.79 Å². The van der Waals surface area contributed by atoms with Gasteiger partial charge in [0.25, 0.3) is 5.91 Å². The molecule has 1 fully saturated rings. The second-order valence-corrected chi connectivity index (χ2v) is 9.70. The van der Waals surface area contributed by atoms with E-state index in [2.05, 4.69) is 15.3 Å². The van der Waals surface area contributed by atoms with Gasteiger partial charge in [-0.1, -0.05) is 36.6 Å². The van der Waals surface area contributed by atoms with E-state index in [1.54, 1.807) is 6.07 Å². The number of ether oxygens (including phenoxy) is 1. The van der Waals surface area contributed by atoms with Gasteiger partial charge in [0.15, 0.2) is 15.7 Å². The average Bonchev–Trinajstić information content (AvgIpc) is 3.23. The molecule has 1 aliphatic carbocycles. The van der Waals surface area contributed by atoms with Crippen molar-refractivity contribution in [2.45, 2.75) is 30.6 Å². The van der Waals surface area contributed by atoms with Crippen LogP contribution in [0.3, 0.4) is 0 Å². The molecule has 3 rings (SSSR count). The maximum Gasteiger partial charge on any atom is 0.257 e. The Labute approximate surface area is 186 Å². The summed E-state index contributed by atoms with van der Waals surface area (Å²) in [6, 6.07) is 4.49. The van der Waals surface area contributed by atoms with Gasteiger partial charge in [-0.05, 0) is 36.5 Å². The molecule has 166 valence electrons. The van der Waals surface area contributed by atoms with E-state index in [1.807, 2.05) is 6.08 Å². The van der Waals surface area contributed by atoms with Crippen LogP contribution < -0.4 is 10.1 Å². The average molecular weight is 466 g/mol. The van der Waals surface area contributed by atoms with Gasteiger partial charge < -0.3 is 15.2 Å². The van der Waals surface area contributed by atoms with Gasteiger partial charge in [0, 0.05) is 11.8 Å². The smallest absolute Gasteiger partial charge is 0.257 e. The minimum absolute atomic E-state index is 0.0166. The topological polar surface area (TPSA) is 118 Å². The molecule has 1 amide bonds. The Morgan fingerprint density at radius 1 is 1.29 bits per heavy atom. The summed E-state index contributed by atoms with van der Waals surface area (Å²) in [4.78, 5) is 21.2. The number of aliphatic hydroxyl groups is 1. The molecule has 1 aromatic carbocycles. The first-order valence-electron chi connectivity index (χ1n) is 9.87. The van der Waals surface area contributed by atoms with Gasteiger partial charge in [0.1, 0.15) is 6.61 Å². The summed E-state index contributed by atoms with van der Waals surface area (Å²) in [7, 11) is -3.48. The third-order valence-corrected chi connectivity index (χ3v) is 6.48. The molecule has 2 N–H and O–H groups in total. The summed E-state index contributed by atoms with van der Waals surface area (Å²) in [5, 5.41) is 11.6. The number of nitrogens with one attached hydrogen (secondary N) is 1. The fraction of sp³-hybridized carbons (Fsp3) is 0.381. The van der Waals surface area contributed by atoms with E-state index in [0.29, 0.717) is 11.1 Å². The first-order valence-corrected chi connectivity index (χ1v) is 12.1. The molecule has 1 aromatic heterocycles. The highest BCUT2D eigenvalue weighted by Gasteiger charge is 2.21. The lowest BCUT2D eigenvalue weighted by atomic mass is 9.98. The van der Waals surface area contributed by atoms with Crippen LogP contribution in [0.2, 0.25) is 5.02 Å². The minimum Gasteiger partial charge on any atom is -0.474 e. The van der Waals surface area contributed by atoms with E-state index in [4.69, 9.17) is 21.4 Å². The molecule has 0 atom stereocenters. The summed E-state index contributed by atoms with van der Waals surface area (Å²) >= 11 is 6.21. The Balaban J connectivity index is 1.87. The zero-order chi connectivity index (χ0) is 22.4. The first kappa shape index (κ1) is 23.2. The van der Waals surface area contributed by atoms with Crippen LogP contribution in [0, 0.1) is 5.92 Å². The van der Waals surface area contributed by atoms with Crippen molar-refractivity contribution in [3.63, 3.8) is 0 Å². The molecule has 0 radical (unpaired) electrons. The summed E-state index contributed by atoms with van der Waals surface area (Å²) in [5.41, 5.74) is 0.925. The van der Waals surface area contributed by atoms with E-state index in [1.165, 1.54) is 24.5 Å². The molecule has 31 heavy (non-hydrogen) atoms. The number of carbonyl (C=O) groups is 1. The molecule has 10 heteroatoms. The lowest BCUT2D eigenvalue weighted by Gasteiger charge is -2.13. The zero-order valence-corrected chi connectivity index (χ0v) is 18.6. The number of hydrogen-bond acceptors (Lipinski definition) is 7. The lowest BCUT2D eigenvalue weighted by Crippen LogP contribution is -2.16. The highest BCUT2D eigenvalue weighted by atomic mass is 35.5. The Morgan fingerprint density at radius 3 is 2.61 bits per heavy atom. The SMILES string of the molecule is CS(=O)(=O)c1ccc(/C(=C\C2CCCC2)C(=O)Nc2cnc(OCCO)cn2)cc1Cl. The van der Waals surface area contributed by atoms with Crippen LogP contribution in [0.15, 0.2) is 41.6 Å². The molecule has 0 bridgehead atoms. The molecule has 0 spiro atoms. The number of carbonyl (C=O) groups excluding carboxylic acids is 1. The maximum atomic E-state index is 13.1. The number of aromatic nitrogens is 2. The molecule has 1 heterocycles. The number of nitrogens with zero attached hydrogens (tertiary/aromatic N) is 2. The number of benzene rings is 1. The van der Waals surface area contributed by atoms with Gasteiger partial charge in [-0.25, -0.2) is 18.4 Å². The fourth-order valence-electron chi connectivity index (χ4n) is 3.42. The Kier molecular flexibility index (Phi) is 7.64. The summed E-state index contributed by atoms with van der Waals surface area (Å²) in [5.74, 6) is 0.331. The Bertz CT molecular complexity index is 1060. The van der Waals surface area contributed by atoms with E-state index in [0.717, 1.165) is 31.9 Å². The van der Waals surface area contributed by atoms with Gasteiger partial charge in [0.05, 0.1) is 28.9 Å². The quantitative estimate of drug-likeness (QED) is 0.575. The van der Waals surface area contributed by atoms with E-state index in [-0.39, 0.29) is 40.7 Å². The molecule has 2 aromatic rings. The number of rotatable bonds is 8. The molecule has 1 aliphatic rings. The van der Waals surface area contributed by atoms with Crippen LogP contribution in [0.1, 0.15) is 31.2 Å². The third kappa shape index (κ3) is 6.25. The van der Waals surface area contributed by atoms with E-state index >= 15 is 0 Å². The van der Waals surface area contributed by atoms with Crippen LogP contribution in [0.4, 0.5) is 5.82 Å². The summed E-state index contributed by atoms with van der Waals surface area (Å²) < 4.78 is 28.9. The second-order valence-electron chi connectivity index (χ2n) is 7.31. The van der Waals surface area contributed by atoms with Crippen LogP contribution in [0.5, 0.6) is 5.88 Å². The predicted octanol–water partition coefficient (Wildman–Crippen LogP) is 3.12. The highest BCUT2D eigenvalue weighted by molar-refractivity contribution is 7.90. The van der Waals surface area contributed by atoms with Crippen molar-refractivity contribution in [2.24, 2.45) is 5.92 Å². The fourth-order valence-corrected chi connectivity index (χ4v) is 4.75. The highest BCUT2D eigenvalue weighted by Crippen LogP contribution is 2.32. The van der Waals surface area contributed by atoms with Gasteiger partial charge in [-0.2, -0.15) is 0 Å². The predicted molar refractivity (Wildman–Crippen MR) is 118 cm³/mol. The standard InChI is InChI=1S/C21H24ClN3O5S/c1-31(28,29)18-7-6-15(11-17(18)22)16(10-14-4-2-3-5-14)21(27)25-19-12-24-20(13-23-19)30-9-8-26/h6-7,10-14,26H,2-5,8-9H2,1H3,(H,23,25,27)/b16-10+. The van der Waals surface area contributed by atoms with Crippen molar-refractivity contribution < 1.29 is 23.1 Å². The Morgan fingerprint density at radius 2 is 2.03 bits per heavy atom. The first-order chi connectivity index (χ1) is 14.8. The molecule has 0 unspecified atom stereocenters. The van der Waals surface area contributed by atoms with Crippen molar-refractivity contribution in [1.82, 2.24) is 9.97 Å². The van der Waals surface area contributed by atoms with Gasteiger partial charge >= 0.3 is 0 Å². The summed E-state index contributed by atoms with van der Waals surface area (Å²) in [6.45, 7) is -0.0466. The molecule has 1 saturated carbocycles. The number of aliphatic hydroxyl groups excluding tert-OH is 1. The van der Waals surface area contributed by atoms with Crippen molar-refractivity contribution in [2.75, 3.05) is 24.8 Å². The van der Waals surface area contributed by atoms with Crippen LogP contribution >= 0.6 is 11.6 Å². The van der Waals surface area contributed by atoms with Crippen LogP contribution in [-0.2, 0) is 14.6 Å². The number of allylic oxidation sites excluding steroid dienone is 1. The number of sulfone groups is 1. The second kappa shape index (κ2) is 10.2. The van der Waals surface area contributed by atoms with Crippen molar-refractivity contribution in [1.29, 1.82) is 0 Å². The van der Waals surface area contributed by atoms with Gasteiger partial charge in [0.2, 0.25) is 5.88 Å². The largest absolute Gasteiger partial charge is 0.474 e. The molecular weight excluding hydrogens is 442 g/mol. The van der Waals surface area contributed by atoms with Crippen LogP contribution in [-0.4, -0.2) is 48.9 Å². The van der Waals surface area contributed by atoms with Crippen molar-refractivity contribution >= 4 is 38.7 Å². The molecule has 0 aliphatic heterocycles. The number of halogens is 1. The molecule has 8 nitrogen and oxygen atoms in total. The summed E-state index contributed by atoms with van der Waals surface area (Å²) in [6.07, 6.45) is 9.89.